The molecule has 0 atom stereocenters. The van der Waals surface area contributed by atoms with Crippen molar-refractivity contribution in [1.29, 1.82) is 0 Å². The summed E-state index contributed by atoms with van der Waals surface area (Å²) < 4.78 is 0. The van der Waals surface area contributed by atoms with Gasteiger partial charge in [0.05, 0.1) is 0 Å². The molecule has 2 amide bonds. The van der Waals surface area contributed by atoms with Crippen molar-refractivity contribution in [1.82, 2.24) is 15.2 Å². The van der Waals surface area contributed by atoms with Crippen LogP contribution in [0.25, 0.3) is 0 Å². The Kier molecular flexibility index (Phi) is 9.72. The lowest BCUT2D eigenvalue weighted by Crippen LogP contribution is -2.52. The maximum Gasteiger partial charge on any atom is 0.232 e. The first-order chi connectivity index (χ1) is 15.6. The van der Waals surface area contributed by atoms with Crippen molar-refractivity contribution in [3.05, 3.63) is 71.8 Å². The minimum absolute atomic E-state index is 0.0849. The first-order valence-corrected chi connectivity index (χ1v) is 11.7. The summed E-state index contributed by atoms with van der Waals surface area (Å²) in [7, 11) is 0. The van der Waals surface area contributed by atoms with Crippen molar-refractivity contribution in [3.8, 4) is 0 Å². The molecule has 1 fully saturated rings. The molecule has 172 valence electrons. The van der Waals surface area contributed by atoms with E-state index < -0.39 is 0 Å². The monoisotopic (exact) mass is 436 g/mol. The van der Waals surface area contributed by atoms with Crippen LogP contribution in [0.3, 0.4) is 0 Å². The standard InChI is InChI=1S/C26H36N4O2/c27-30-19-17-29(18-20-30)26(32)21-25(31)28-24(15-7-13-22-9-3-1-4-10-22)16-8-14-23-11-5-2-6-12-23/h1-6,9-12,24H,7-8,13-21,27H2,(H,28,31). The predicted molar refractivity (Wildman–Crippen MR) is 128 cm³/mol. The molecule has 3 N–H and O–H groups in total. The van der Waals surface area contributed by atoms with Crippen molar-refractivity contribution >= 4 is 11.8 Å². The number of piperazine rings is 1. The van der Waals surface area contributed by atoms with Gasteiger partial charge in [0.25, 0.3) is 0 Å². The van der Waals surface area contributed by atoms with Gasteiger partial charge in [-0.1, -0.05) is 60.7 Å². The maximum absolute atomic E-state index is 12.6. The number of benzene rings is 2. The lowest BCUT2D eigenvalue weighted by atomic mass is 9.99. The van der Waals surface area contributed by atoms with Crippen LogP contribution >= 0.6 is 0 Å². The van der Waals surface area contributed by atoms with Crippen LogP contribution in [0.4, 0.5) is 0 Å². The first-order valence-electron chi connectivity index (χ1n) is 11.7. The molecule has 0 radical (unpaired) electrons. The van der Waals surface area contributed by atoms with E-state index in [0.717, 1.165) is 38.5 Å². The second-order valence-electron chi connectivity index (χ2n) is 8.61. The summed E-state index contributed by atoms with van der Waals surface area (Å²) in [6.07, 6.45) is 5.74. The predicted octanol–water partition coefficient (Wildman–Crippen LogP) is 2.93. The molecule has 0 aliphatic carbocycles. The van der Waals surface area contributed by atoms with Gasteiger partial charge in [0.15, 0.2) is 0 Å². The van der Waals surface area contributed by atoms with Crippen molar-refractivity contribution in [3.63, 3.8) is 0 Å². The second-order valence-corrected chi connectivity index (χ2v) is 8.61. The zero-order chi connectivity index (χ0) is 22.6. The molecule has 6 nitrogen and oxygen atoms in total. The van der Waals surface area contributed by atoms with E-state index in [1.807, 2.05) is 12.1 Å². The van der Waals surface area contributed by atoms with Gasteiger partial charge in [-0.3, -0.25) is 15.4 Å². The molecule has 0 aromatic heterocycles. The quantitative estimate of drug-likeness (QED) is 0.419. The highest BCUT2D eigenvalue weighted by Crippen LogP contribution is 2.13. The molecule has 1 heterocycles. The lowest BCUT2D eigenvalue weighted by molar-refractivity contribution is -0.137. The van der Waals surface area contributed by atoms with E-state index in [9.17, 15) is 9.59 Å². The Balaban J connectivity index is 1.47. The lowest BCUT2D eigenvalue weighted by Gasteiger charge is -2.32. The summed E-state index contributed by atoms with van der Waals surface area (Å²) in [4.78, 5) is 26.9. The van der Waals surface area contributed by atoms with E-state index in [2.05, 4.69) is 53.8 Å². The molecule has 3 rings (SSSR count). The minimum atomic E-state index is -0.172. The molecule has 1 aliphatic heterocycles. The van der Waals surface area contributed by atoms with Crippen LogP contribution in [0, 0.1) is 0 Å². The molecule has 1 saturated heterocycles. The Hall–Kier alpha value is -2.70. The van der Waals surface area contributed by atoms with Gasteiger partial charge in [-0.15, -0.1) is 0 Å². The van der Waals surface area contributed by atoms with Crippen LogP contribution < -0.4 is 11.2 Å². The Morgan fingerprint density at radius 1 is 0.812 bits per heavy atom. The number of carbonyl (C=O) groups is 2. The highest BCUT2D eigenvalue weighted by atomic mass is 16.2. The molecule has 1 aliphatic rings. The highest BCUT2D eigenvalue weighted by Gasteiger charge is 2.22. The Morgan fingerprint density at radius 2 is 1.31 bits per heavy atom. The minimum Gasteiger partial charge on any atom is -0.353 e. The molecule has 0 saturated carbocycles. The van der Waals surface area contributed by atoms with Gasteiger partial charge in [-0.2, -0.15) is 0 Å². The number of hydrogen-bond acceptors (Lipinski definition) is 4. The largest absolute Gasteiger partial charge is 0.353 e. The summed E-state index contributed by atoms with van der Waals surface area (Å²) >= 11 is 0. The normalized spacial score (nSPS) is 14.5. The smallest absolute Gasteiger partial charge is 0.232 e. The molecule has 0 unspecified atom stereocenters. The van der Waals surface area contributed by atoms with Gasteiger partial charge in [0.2, 0.25) is 11.8 Å². The van der Waals surface area contributed by atoms with Crippen LogP contribution in [0.2, 0.25) is 0 Å². The SMILES string of the molecule is NN1CCN(C(=O)CC(=O)NC(CCCc2ccccc2)CCCc2ccccc2)CC1. The fraction of sp³-hybridized carbons (Fsp3) is 0.462. The number of amides is 2. The van der Waals surface area contributed by atoms with Gasteiger partial charge >= 0.3 is 0 Å². The van der Waals surface area contributed by atoms with Gasteiger partial charge < -0.3 is 10.2 Å². The molecular weight excluding hydrogens is 400 g/mol. The van der Waals surface area contributed by atoms with E-state index in [0.29, 0.717) is 26.2 Å². The number of hydrazine groups is 1. The molecule has 0 bridgehead atoms. The number of hydrogen-bond donors (Lipinski definition) is 2. The van der Waals surface area contributed by atoms with Crippen LogP contribution in [-0.2, 0) is 22.4 Å². The summed E-state index contributed by atoms with van der Waals surface area (Å²) in [6.45, 7) is 2.46. The third-order valence-corrected chi connectivity index (χ3v) is 6.07. The number of nitrogens with one attached hydrogen (secondary N) is 1. The van der Waals surface area contributed by atoms with Crippen molar-refractivity contribution in [2.45, 2.75) is 51.0 Å². The van der Waals surface area contributed by atoms with E-state index >= 15 is 0 Å². The first kappa shape index (κ1) is 24.0. The third kappa shape index (κ3) is 8.44. The summed E-state index contributed by atoms with van der Waals surface area (Å²) in [5.41, 5.74) is 2.63. The average Bonchev–Trinajstić information content (AvgIpc) is 2.80. The Morgan fingerprint density at radius 3 is 1.81 bits per heavy atom. The van der Waals surface area contributed by atoms with Crippen LogP contribution in [0.1, 0.15) is 43.2 Å². The van der Waals surface area contributed by atoms with Crippen LogP contribution in [0.5, 0.6) is 0 Å². The summed E-state index contributed by atoms with van der Waals surface area (Å²) in [5, 5.41) is 4.85. The van der Waals surface area contributed by atoms with Crippen molar-refractivity contribution in [2.75, 3.05) is 26.2 Å². The number of nitrogens with two attached hydrogens (primary N) is 1. The van der Waals surface area contributed by atoms with E-state index in [1.54, 1.807) is 9.91 Å². The van der Waals surface area contributed by atoms with Gasteiger partial charge in [-0.25, -0.2) is 5.01 Å². The number of aryl methyl sites for hydroxylation is 2. The molecular formula is C26H36N4O2. The van der Waals surface area contributed by atoms with Gasteiger partial charge in [0.1, 0.15) is 6.42 Å². The summed E-state index contributed by atoms with van der Waals surface area (Å²) in [5.74, 6) is 5.48. The van der Waals surface area contributed by atoms with Crippen molar-refractivity contribution < 1.29 is 9.59 Å². The Bertz CT molecular complexity index is 775. The van der Waals surface area contributed by atoms with E-state index in [1.165, 1.54) is 11.1 Å². The van der Waals surface area contributed by atoms with E-state index in [4.69, 9.17) is 5.84 Å². The molecule has 6 heteroatoms. The number of nitrogens with zero attached hydrogens (tertiary/aromatic N) is 2. The fourth-order valence-corrected chi connectivity index (χ4v) is 4.18. The van der Waals surface area contributed by atoms with E-state index in [-0.39, 0.29) is 24.3 Å². The average molecular weight is 437 g/mol. The number of carbonyl (C=O) groups excluding carboxylic acids is 2. The Labute approximate surface area is 191 Å². The van der Waals surface area contributed by atoms with Crippen LogP contribution in [-0.4, -0.2) is 53.9 Å². The highest BCUT2D eigenvalue weighted by molar-refractivity contribution is 5.97. The van der Waals surface area contributed by atoms with Gasteiger partial charge in [-0.05, 0) is 49.7 Å². The summed E-state index contributed by atoms with van der Waals surface area (Å²) in [6, 6.07) is 20.9. The molecule has 2 aromatic carbocycles. The fourth-order valence-electron chi connectivity index (χ4n) is 4.18. The second kappa shape index (κ2) is 13.0. The van der Waals surface area contributed by atoms with Crippen LogP contribution in [0.15, 0.2) is 60.7 Å². The molecule has 32 heavy (non-hydrogen) atoms. The topological polar surface area (TPSA) is 78.7 Å². The van der Waals surface area contributed by atoms with Crippen molar-refractivity contribution in [2.24, 2.45) is 5.84 Å². The third-order valence-electron chi connectivity index (χ3n) is 6.07. The zero-order valence-electron chi connectivity index (χ0n) is 18.9. The van der Waals surface area contributed by atoms with Gasteiger partial charge in [0, 0.05) is 32.2 Å². The zero-order valence-corrected chi connectivity index (χ0v) is 18.9. The maximum atomic E-state index is 12.6. The molecule has 0 spiro atoms. The number of rotatable bonds is 11. The molecule has 2 aromatic rings.